The standard InChI is InChI=1S/C16H23NO5/c1-16(2,3)22-15(19)17-12(9-18)6-4-11-5-7-13-14(8-11)21-10-20-13/h5,7-8,12,18H,4,6,9-10H2,1-3H3,(H,17,19)/t12-/m0/s1. The van der Waals surface area contributed by atoms with Crippen molar-refractivity contribution >= 4 is 6.09 Å². The number of alkyl carbamates (subject to hydrolysis) is 1. The lowest BCUT2D eigenvalue weighted by atomic mass is 10.1. The Morgan fingerprint density at radius 1 is 1.36 bits per heavy atom. The number of ether oxygens (including phenoxy) is 3. The Morgan fingerprint density at radius 2 is 2.09 bits per heavy atom. The lowest BCUT2D eigenvalue weighted by Gasteiger charge is -2.22. The maximum atomic E-state index is 11.7. The van der Waals surface area contributed by atoms with Gasteiger partial charge in [0.1, 0.15) is 5.60 Å². The molecule has 1 atom stereocenters. The largest absolute Gasteiger partial charge is 0.454 e. The average molecular weight is 309 g/mol. The highest BCUT2D eigenvalue weighted by Gasteiger charge is 2.19. The normalized spacial score (nSPS) is 14.5. The number of aliphatic hydroxyl groups excluding tert-OH is 1. The fourth-order valence-corrected chi connectivity index (χ4v) is 2.12. The molecular formula is C16H23NO5. The zero-order valence-corrected chi connectivity index (χ0v) is 13.2. The number of aliphatic hydroxyl groups is 1. The molecule has 0 aliphatic carbocycles. The van der Waals surface area contributed by atoms with Gasteiger partial charge in [-0.1, -0.05) is 6.07 Å². The van der Waals surface area contributed by atoms with Crippen LogP contribution in [0.2, 0.25) is 0 Å². The van der Waals surface area contributed by atoms with Gasteiger partial charge in [-0.05, 0) is 51.3 Å². The Labute approximate surface area is 130 Å². The zero-order chi connectivity index (χ0) is 16.2. The van der Waals surface area contributed by atoms with Crippen LogP contribution < -0.4 is 14.8 Å². The summed E-state index contributed by atoms with van der Waals surface area (Å²) < 4.78 is 15.8. The third-order valence-electron chi connectivity index (χ3n) is 3.16. The molecule has 1 aromatic rings. The molecule has 0 radical (unpaired) electrons. The highest BCUT2D eigenvalue weighted by molar-refractivity contribution is 5.68. The third-order valence-corrected chi connectivity index (χ3v) is 3.16. The first-order chi connectivity index (χ1) is 10.4. The quantitative estimate of drug-likeness (QED) is 0.872. The Hall–Kier alpha value is -1.95. The van der Waals surface area contributed by atoms with Crippen LogP contribution in [0.3, 0.4) is 0 Å². The summed E-state index contributed by atoms with van der Waals surface area (Å²) in [5.74, 6) is 1.48. The monoisotopic (exact) mass is 309 g/mol. The predicted octanol–water partition coefficient (Wildman–Crippen LogP) is 2.23. The van der Waals surface area contributed by atoms with Crippen LogP contribution in [0, 0.1) is 0 Å². The number of amides is 1. The van der Waals surface area contributed by atoms with Crippen LogP contribution in [0.15, 0.2) is 18.2 Å². The van der Waals surface area contributed by atoms with Crippen LogP contribution in [-0.2, 0) is 11.2 Å². The average Bonchev–Trinajstić information content (AvgIpc) is 2.88. The van der Waals surface area contributed by atoms with E-state index in [1.54, 1.807) is 20.8 Å². The number of benzene rings is 1. The van der Waals surface area contributed by atoms with Crippen LogP contribution in [0.25, 0.3) is 0 Å². The summed E-state index contributed by atoms with van der Waals surface area (Å²) in [5, 5.41) is 12.1. The van der Waals surface area contributed by atoms with Gasteiger partial charge in [0.15, 0.2) is 11.5 Å². The van der Waals surface area contributed by atoms with E-state index in [0.717, 1.165) is 17.1 Å². The Morgan fingerprint density at radius 3 is 2.77 bits per heavy atom. The van der Waals surface area contributed by atoms with E-state index < -0.39 is 11.7 Å². The molecule has 1 aliphatic rings. The molecular weight excluding hydrogens is 286 g/mol. The van der Waals surface area contributed by atoms with E-state index in [1.165, 1.54) is 0 Å². The summed E-state index contributed by atoms with van der Waals surface area (Å²) in [6, 6.07) is 5.40. The fourth-order valence-electron chi connectivity index (χ4n) is 2.12. The van der Waals surface area contributed by atoms with Gasteiger partial charge in [0.25, 0.3) is 0 Å². The van der Waals surface area contributed by atoms with Crippen LogP contribution in [0.5, 0.6) is 11.5 Å². The number of nitrogens with one attached hydrogen (secondary N) is 1. The van der Waals surface area contributed by atoms with Crippen LogP contribution in [0.1, 0.15) is 32.8 Å². The van der Waals surface area contributed by atoms with E-state index in [4.69, 9.17) is 14.2 Å². The fraction of sp³-hybridized carbons (Fsp3) is 0.562. The third kappa shape index (κ3) is 4.80. The van der Waals surface area contributed by atoms with Gasteiger partial charge in [0.05, 0.1) is 12.6 Å². The minimum Gasteiger partial charge on any atom is -0.454 e. The zero-order valence-electron chi connectivity index (χ0n) is 13.2. The summed E-state index contributed by atoms with van der Waals surface area (Å²) in [6.45, 7) is 5.51. The maximum absolute atomic E-state index is 11.7. The van der Waals surface area contributed by atoms with E-state index >= 15 is 0 Å². The molecule has 0 unspecified atom stereocenters. The Kier molecular flexibility index (Phi) is 5.13. The molecule has 0 aromatic heterocycles. The van der Waals surface area contributed by atoms with Crippen molar-refractivity contribution in [2.75, 3.05) is 13.4 Å². The summed E-state index contributed by atoms with van der Waals surface area (Å²) in [6.07, 6.45) is 0.796. The van der Waals surface area contributed by atoms with Crippen molar-refractivity contribution in [2.24, 2.45) is 0 Å². The second kappa shape index (κ2) is 6.87. The Balaban J connectivity index is 1.84. The van der Waals surface area contributed by atoms with Crippen molar-refractivity contribution in [3.63, 3.8) is 0 Å². The lowest BCUT2D eigenvalue weighted by molar-refractivity contribution is 0.0479. The van der Waals surface area contributed by atoms with Crippen molar-refractivity contribution in [3.05, 3.63) is 23.8 Å². The van der Waals surface area contributed by atoms with Gasteiger partial charge in [-0.2, -0.15) is 0 Å². The molecule has 2 rings (SSSR count). The van der Waals surface area contributed by atoms with Gasteiger partial charge < -0.3 is 24.6 Å². The van der Waals surface area contributed by atoms with Gasteiger partial charge in [-0.3, -0.25) is 0 Å². The summed E-state index contributed by atoms with van der Waals surface area (Å²) >= 11 is 0. The van der Waals surface area contributed by atoms with Gasteiger partial charge in [-0.25, -0.2) is 4.79 Å². The molecule has 1 aromatic carbocycles. The minimum absolute atomic E-state index is 0.135. The smallest absolute Gasteiger partial charge is 0.407 e. The first-order valence-electron chi connectivity index (χ1n) is 7.36. The van der Waals surface area contributed by atoms with Crippen molar-refractivity contribution in [2.45, 2.75) is 45.3 Å². The molecule has 6 heteroatoms. The highest BCUT2D eigenvalue weighted by atomic mass is 16.7. The molecule has 0 fully saturated rings. The van der Waals surface area contributed by atoms with E-state index in [-0.39, 0.29) is 19.4 Å². The van der Waals surface area contributed by atoms with E-state index in [0.29, 0.717) is 12.8 Å². The second-order valence-corrected chi connectivity index (χ2v) is 6.25. The van der Waals surface area contributed by atoms with Crippen LogP contribution >= 0.6 is 0 Å². The van der Waals surface area contributed by atoms with E-state index in [2.05, 4.69) is 5.32 Å². The van der Waals surface area contributed by atoms with Crippen LogP contribution in [-0.4, -0.2) is 36.2 Å². The number of carbonyl (C=O) groups excluding carboxylic acids is 1. The molecule has 6 nitrogen and oxygen atoms in total. The molecule has 122 valence electrons. The number of hydrogen-bond donors (Lipinski definition) is 2. The number of fused-ring (bicyclic) bond motifs is 1. The summed E-state index contributed by atoms with van der Waals surface area (Å²) in [7, 11) is 0. The predicted molar refractivity (Wildman–Crippen MR) is 81.1 cm³/mol. The molecule has 1 aliphatic heterocycles. The van der Waals surface area contributed by atoms with E-state index in [9.17, 15) is 9.90 Å². The van der Waals surface area contributed by atoms with Crippen molar-refractivity contribution < 1.29 is 24.1 Å². The minimum atomic E-state index is -0.554. The second-order valence-electron chi connectivity index (χ2n) is 6.25. The number of rotatable bonds is 5. The first kappa shape index (κ1) is 16.4. The molecule has 2 N–H and O–H groups in total. The van der Waals surface area contributed by atoms with Crippen molar-refractivity contribution in [1.29, 1.82) is 0 Å². The SMILES string of the molecule is CC(C)(C)OC(=O)N[C@H](CO)CCc1ccc2c(c1)OCO2. The number of hydrogen-bond acceptors (Lipinski definition) is 5. The van der Waals surface area contributed by atoms with Gasteiger partial charge in [0.2, 0.25) is 6.79 Å². The maximum Gasteiger partial charge on any atom is 0.407 e. The van der Waals surface area contributed by atoms with Gasteiger partial charge in [-0.15, -0.1) is 0 Å². The molecule has 0 saturated heterocycles. The molecule has 22 heavy (non-hydrogen) atoms. The Bertz CT molecular complexity index is 524. The van der Waals surface area contributed by atoms with Gasteiger partial charge >= 0.3 is 6.09 Å². The van der Waals surface area contributed by atoms with Crippen molar-refractivity contribution in [3.8, 4) is 11.5 Å². The van der Waals surface area contributed by atoms with Crippen LogP contribution in [0.4, 0.5) is 4.79 Å². The lowest BCUT2D eigenvalue weighted by Crippen LogP contribution is -2.41. The van der Waals surface area contributed by atoms with E-state index in [1.807, 2.05) is 18.2 Å². The molecule has 0 saturated carbocycles. The van der Waals surface area contributed by atoms with Gasteiger partial charge in [0, 0.05) is 0 Å². The summed E-state index contributed by atoms with van der Waals surface area (Å²) in [5.41, 5.74) is 0.509. The number of aryl methyl sites for hydroxylation is 1. The summed E-state index contributed by atoms with van der Waals surface area (Å²) in [4.78, 5) is 11.7. The molecule has 0 spiro atoms. The van der Waals surface area contributed by atoms with Crippen molar-refractivity contribution in [1.82, 2.24) is 5.32 Å². The number of carbonyl (C=O) groups is 1. The highest BCUT2D eigenvalue weighted by Crippen LogP contribution is 2.32. The first-order valence-corrected chi connectivity index (χ1v) is 7.36. The topological polar surface area (TPSA) is 77.0 Å². The molecule has 1 amide bonds. The molecule has 1 heterocycles. The molecule has 0 bridgehead atoms.